The Morgan fingerprint density at radius 2 is 2.21 bits per heavy atom. The molecule has 0 radical (unpaired) electrons. The summed E-state index contributed by atoms with van der Waals surface area (Å²) in [5, 5.41) is 0.580. The van der Waals surface area contributed by atoms with Crippen molar-refractivity contribution in [1.82, 2.24) is 0 Å². The van der Waals surface area contributed by atoms with Crippen LogP contribution < -0.4 is 11.5 Å². The summed E-state index contributed by atoms with van der Waals surface area (Å²) in [6, 6.07) is 3.27. The molecule has 0 unspecified atom stereocenters. The van der Waals surface area contributed by atoms with E-state index >= 15 is 0 Å². The second-order valence-electron chi connectivity index (χ2n) is 2.96. The van der Waals surface area contributed by atoms with Gasteiger partial charge >= 0.3 is 0 Å². The third-order valence-electron chi connectivity index (χ3n) is 1.87. The monoisotopic (exact) mass is 278 g/mol. The summed E-state index contributed by atoms with van der Waals surface area (Å²) in [6.07, 6.45) is 0. The fraction of sp³-hybridized carbons (Fsp3) is 0.333. The zero-order valence-electron chi connectivity index (χ0n) is 7.76. The number of hydrogen-bond acceptors (Lipinski definition) is 3. The first-order valence-electron chi connectivity index (χ1n) is 4.05. The molecule has 0 aromatic heterocycles. The minimum Gasteiger partial charge on any atom is -0.398 e. The van der Waals surface area contributed by atoms with Gasteiger partial charge in [-0.1, -0.05) is 11.6 Å². The van der Waals surface area contributed by atoms with Crippen molar-refractivity contribution in [3.05, 3.63) is 27.2 Å². The topological polar surface area (TPSA) is 61.3 Å². The Balaban J connectivity index is 3.02. The van der Waals surface area contributed by atoms with Gasteiger partial charge in [0.25, 0.3) is 0 Å². The van der Waals surface area contributed by atoms with E-state index < -0.39 is 0 Å². The maximum absolute atomic E-state index is 5.87. The predicted octanol–water partition coefficient (Wildman–Crippen LogP) is 2.33. The Labute approximate surface area is 96.5 Å². The number of hydrogen-bond donors (Lipinski definition) is 2. The summed E-state index contributed by atoms with van der Waals surface area (Å²) >= 11 is 9.18. The zero-order valence-corrected chi connectivity index (χ0v) is 10.1. The van der Waals surface area contributed by atoms with E-state index in [0.29, 0.717) is 17.3 Å². The van der Waals surface area contributed by atoms with Gasteiger partial charge in [-0.05, 0) is 33.6 Å². The van der Waals surface area contributed by atoms with Gasteiger partial charge in [0.05, 0.1) is 17.7 Å². The predicted molar refractivity (Wildman–Crippen MR) is 62.4 cm³/mol. The molecule has 1 aromatic carbocycles. The normalized spacial score (nSPS) is 12.9. The van der Waals surface area contributed by atoms with Crippen LogP contribution in [0.5, 0.6) is 0 Å². The van der Waals surface area contributed by atoms with Gasteiger partial charge in [0, 0.05) is 17.3 Å². The molecule has 0 aliphatic heterocycles. The van der Waals surface area contributed by atoms with E-state index in [0.717, 1.165) is 10.0 Å². The SMILES string of the molecule is COC[C@H](N)c1cc(Br)c(Cl)cc1N. The van der Waals surface area contributed by atoms with E-state index in [9.17, 15) is 0 Å². The molecule has 78 valence electrons. The first-order chi connectivity index (χ1) is 6.56. The maximum Gasteiger partial charge on any atom is 0.0656 e. The summed E-state index contributed by atoms with van der Waals surface area (Å²) in [5.74, 6) is 0. The average molecular weight is 280 g/mol. The molecule has 0 fully saturated rings. The van der Waals surface area contributed by atoms with Gasteiger partial charge < -0.3 is 16.2 Å². The van der Waals surface area contributed by atoms with E-state index in [1.807, 2.05) is 6.07 Å². The lowest BCUT2D eigenvalue weighted by molar-refractivity contribution is 0.181. The summed E-state index contributed by atoms with van der Waals surface area (Å²) < 4.78 is 5.74. The molecule has 0 saturated heterocycles. The number of anilines is 1. The van der Waals surface area contributed by atoms with Crippen LogP contribution in [0.2, 0.25) is 5.02 Å². The highest BCUT2D eigenvalue weighted by Crippen LogP contribution is 2.30. The van der Waals surface area contributed by atoms with E-state index in [-0.39, 0.29) is 6.04 Å². The lowest BCUT2D eigenvalue weighted by Gasteiger charge is -2.14. The molecule has 4 N–H and O–H groups in total. The van der Waals surface area contributed by atoms with Gasteiger partial charge in [0.15, 0.2) is 0 Å². The number of nitrogen functional groups attached to an aromatic ring is 1. The van der Waals surface area contributed by atoms with Crippen molar-refractivity contribution >= 4 is 33.2 Å². The van der Waals surface area contributed by atoms with E-state index in [4.69, 9.17) is 27.8 Å². The van der Waals surface area contributed by atoms with E-state index in [1.165, 1.54) is 0 Å². The van der Waals surface area contributed by atoms with Gasteiger partial charge in [0.1, 0.15) is 0 Å². The van der Waals surface area contributed by atoms with Crippen LogP contribution >= 0.6 is 27.5 Å². The fourth-order valence-electron chi connectivity index (χ4n) is 1.17. The first-order valence-corrected chi connectivity index (χ1v) is 5.22. The van der Waals surface area contributed by atoms with Crippen molar-refractivity contribution < 1.29 is 4.74 Å². The molecule has 1 atom stereocenters. The molecule has 0 heterocycles. The zero-order chi connectivity index (χ0) is 10.7. The standard InChI is InChI=1S/C9H12BrClN2O/c1-14-4-9(13)5-2-6(10)7(11)3-8(5)12/h2-3,9H,4,12-13H2,1H3/t9-/m0/s1. The highest BCUT2D eigenvalue weighted by molar-refractivity contribution is 9.10. The first kappa shape index (κ1) is 11.8. The molecule has 0 amide bonds. The van der Waals surface area contributed by atoms with Crippen molar-refractivity contribution in [2.75, 3.05) is 19.5 Å². The number of benzene rings is 1. The summed E-state index contributed by atoms with van der Waals surface area (Å²) in [4.78, 5) is 0. The van der Waals surface area contributed by atoms with Crippen LogP contribution in [-0.4, -0.2) is 13.7 Å². The van der Waals surface area contributed by atoms with Crippen LogP contribution in [-0.2, 0) is 4.74 Å². The minimum absolute atomic E-state index is 0.228. The van der Waals surface area contributed by atoms with Crippen LogP contribution in [0.1, 0.15) is 11.6 Å². The third kappa shape index (κ3) is 2.60. The maximum atomic E-state index is 5.87. The van der Waals surface area contributed by atoms with Crippen molar-refractivity contribution in [3.8, 4) is 0 Å². The molecule has 0 spiro atoms. The van der Waals surface area contributed by atoms with Crippen LogP contribution in [0, 0.1) is 0 Å². The van der Waals surface area contributed by atoms with Crippen molar-refractivity contribution in [2.45, 2.75) is 6.04 Å². The van der Waals surface area contributed by atoms with Crippen molar-refractivity contribution in [2.24, 2.45) is 5.73 Å². The van der Waals surface area contributed by atoms with Crippen molar-refractivity contribution in [1.29, 1.82) is 0 Å². The van der Waals surface area contributed by atoms with Crippen LogP contribution in [0.4, 0.5) is 5.69 Å². The van der Waals surface area contributed by atoms with Gasteiger partial charge in [-0.25, -0.2) is 0 Å². The van der Waals surface area contributed by atoms with Gasteiger partial charge in [0.2, 0.25) is 0 Å². The molecule has 0 aliphatic rings. The number of rotatable bonds is 3. The van der Waals surface area contributed by atoms with Gasteiger partial charge in [-0.2, -0.15) is 0 Å². The number of nitrogens with two attached hydrogens (primary N) is 2. The molecule has 0 aliphatic carbocycles. The summed E-state index contributed by atoms with van der Waals surface area (Å²) in [5.41, 5.74) is 13.1. The number of methoxy groups -OCH3 is 1. The van der Waals surface area contributed by atoms with Crippen LogP contribution in [0.25, 0.3) is 0 Å². The number of ether oxygens (including phenoxy) is 1. The van der Waals surface area contributed by atoms with E-state index in [2.05, 4.69) is 15.9 Å². The van der Waals surface area contributed by atoms with Gasteiger partial charge in [-0.15, -0.1) is 0 Å². The average Bonchev–Trinajstić information content (AvgIpc) is 2.11. The third-order valence-corrected chi connectivity index (χ3v) is 3.07. The van der Waals surface area contributed by atoms with Crippen LogP contribution in [0.3, 0.4) is 0 Å². The Kier molecular flexibility index (Phi) is 4.19. The Morgan fingerprint density at radius 3 is 2.79 bits per heavy atom. The van der Waals surface area contributed by atoms with Crippen molar-refractivity contribution in [3.63, 3.8) is 0 Å². The summed E-state index contributed by atoms with van der Waals surface area (Å²) in [6.45, 7) is 0.429. The lowest BCUT2D eigenvalue weighted by Crippen LogP contribution is -2.17. The fourth-order valence-corrected chi connectivity index (χ4v) is 1.70. The molecule has 1 rings (SSSR count). The highest BCUT2D eigenvalue weighted by atomic mass is 79.9. The molecule has 1 aromatic rings. The Hall–Kier alpha value is -0.290. The molecule has 3 nitrogen and oxygen atoms in total. The number of halogens is 2. The summed E-state index contributed by atoms with van der Waals surface area (Å²) in [7, 11) is 1.60. The van der Waals surface area contributed by atoms with Gasteiger partial charge in [-0.3, -0.25) is 0 Å². The molecule has 5 heteroatoms. The molecule has 0 bridgehead atoms. The molecule has 14 heavy (non-hydrogen) atoms. The smallest absolute Gasteiger partial charge is 0.0656 e. The second kappa shape index (κ2) is 4.98. The lowest BCUT2D eigenvalue weighted by atomic mass is 10.1. The molecule has 0 saturated carbocycles. The van der Waals surface area contributed by atoms with E-state index in [1.54, 1.807) is 13.2 Å². The highest BCUT2D eigenvalue weighted by Gasteiger charge is 2.11. The quantitative estimate of drug-likeness (QED) is 0.835. The largest absolute Gasteiger partial charge is 0.398 e. The Morgan fingerprint density at radius 1 is 1.57 bits per heavy atom. The second-order valence-corrected chi connectivity index (χ2v) is 4.22. The Bertz CT molecular complexity index is 333. The molecular weight excluding hydrogens is 267 g/mol. The molecular formula is C9H12BrClN2O. The minimum atomic E-state index is -0.228. The van der Waals surface area contributed by atoms with Crippen LogP contribution in [0.15, 0.2) is 16.6 Å².